The minimum absolute atomic E-state index is 0.0484. The number of rotatable bonds is 6. The van der Waals surface area contributed by atoms with Gasteiger partial charge in [-0.2, -0.15) is 17.8 Å². The van der Waals surface area contributed by atoms with Gasteiger partial charge in [0.2, 0.25) is 5.13 Å². The number of ether oxygens (including phenoxy) is 1. The molecule has 0 amide bonds. The van der Waals surface area contributed by atoms with Crippen LogP contribution in [-0.4, -0.2) is 34.4 Å². The number of hydrogen-bond donors (Lipinski definition) is 1. The van der Waals surface area contributed by atoms with Crippen molar-refractivity contribution in [2.24, 2.45) is 0 Å². The number of hydrogen-bond acceptors (Lipinski definition) is 7. The molecule has 21 heavy (non-hydrogen) atoms. The molecule has 0 aromatic carbocycles. The SMILES string of the molecule is COC(C)c1nsc(NS(=O)(=O)c2cn(C(C)C)cn2)n1. The lowest BCUT2D eigenvalue weighted by Gasteiger charge is -2.04. The van der Waals surface area contributed by atoms with Crippen LogP contribution in [0.15, 0.2) is 17.6 Å². The molecule has 0 aliphatic heterocycles. The highest BCUT2D eigenvalue weighted by Gasteiger charge is 2.21. The van der Waals surface area contributed by atoms with Crippen LogP contribution in [0.1, 0.15) is 38.7 Å². The fourth-order valence-corrected chi connectivity index (χ4v) is 3.26. The maximum absolute atomic E-state index is 12.2. The summed E-state index contributed by atoms with van der Waals surface area (Å²) in [7, 11) is -2.22. The second kappa shape index (κ2) is 6.08. The molecule has 1 N–H and O–H groups in total. The molecule has 10 heteroatoms. The summed E-state index contributed by atoms with van der Waals surface area (Å²) in [5, 5.41) is 0.140. The lowest BCUT2D eigenvalue weighted by molar-refractivity contribution is 0.113. The van der Waals surface area contributed by atoms with Gasteiger partial charge < -0.3 is 9.30 Å². The smallest absolute Gasteiger partial charge is 0.282 e. The third kappa shape index (κ3) is 3.57. The fourth-order valence-electron chi connectivity index (χ4n) is 1.45. The zero-order chi connectivity index (χ0) is 15.6. The number of imidazole rings is 1. The lowest BCUT2D eigenvalue weighted by atomic mass is 10.4. The molecule has 0 bridgehead atoms. The van der Waals surface area contributed by atoms with E-state index in [9.17, 15) is 8.42 Å². The quantitative estimate of drug-likeness (QED) is 0.867. The van der Waals surface area contributed by atoms with E-state index in [0.29, 0.717) is 5.82 Å². The van der Waals surface area contributed by atoms with Gasteiger partial charge in [-0.3, -0.25) is 4.72 Å². The van der Waals surface area contributed by atoms with Crippen molar-refractivity contribution in [1.29, 1.82) is 0 Å². The van der Waals surface area contributed by atoms with Gasteiger partial charge >= 0.3 is 0 Å². The van der Waals surface area contributed by atoms with Crippen LogP contribution < -0.4 is 4.72 Å². The van der Waals surface area contributed by atoms with Crippen molar-refractivity contribution in [3.8, 4) is 0 Å². The van der Waals surface area contributed by atoms with E-state index < -0.39 is 10.0 Å². The summed E-state index contributed by atoms with van der Waals surface area (Å²) in [4.78, 5) is 8.00. The van der Waals surface area contributed by atoms with Crippen molar-refractivity contribution in [2.75, 3.05) is 11.8 Å². The average Bonchev–Trinajstić information content (AvgIpc) is 3.05. The summed E-state index contributed by atoms with van der Waals surface area (Å²) < 4.78 is 37.6. The predicted octanol–water partition coefficient (Wildman–Crippen LogP) is 1.82. The molecule has 1 unspecified atom stereocenters. The summed E-state index contributed by atoms with van der Waals surface area (Å²) in [6.45, 7) is 5.66. The van der Waals surface area contributed by atoms with Crippen LogP contribution in [0.3, 0.4) is 0 Å². The van der Waals surface area contributed by atoms with Crippen LogP contribution in [0.4, 0.5) is 5.13 Å². The van der Waals surface area contributed by atoms with E-state index in [2.05, 4.69) is 19.1 Å². The summed E-state index contributed by atoms with van der Waals surface area (Å²) in [5.41, 5.74) is 0. The van der Waals surface area contributed by atoms with E-state index in [0.717, 1.165) is 11.5 Å². The highest BCUT2D eigenvalue weighted by Crippen LogP contribution is 2.21. The molecule has 0 fully saturated rings. The first-order chi connectivity index (χ1) is 9.83. The van der Waals surface area contributed by atoms with Gasteiger partial charge in [0.25, 0.3) is 10.0 Å². The molecule has 0 saturated heterocycles. The fraction of sp³-hybridized carbons (Fsp3) is 0.545. The Balaban J connectivity index is 2.18. The number of anilines is 1. The molecule has 0 spiro atoms. The number of nitrogens with one attached hydrogen (secondary N) is 1. The highest BCUT2D eigenvalue weighted by atomic mass is 32.2. The van der Waals surface area contributed by atoms with Crippen LogP contribution in [0, 0.1) is 0 Å². The molecule has 0 saturated carbocycles. The van der Waals surface area contributed by atoms with Crippen molar-refractivity contribution in [3.05, 3.63) is 18.3 Å². The maximum atomic E-state index is 12.2. The van der Waals surface area contributed by atoms with Crippen LogP contribution >= 0.6 is 11.5 Å². The minimum Gasteiger partial charge on any atom is -0.374 e. The van der Waals surface area contributed by atoms with E-state index in [1.807, 2.05) is 13.8 Å². The minimum atomic E-state index is -3.76. The third-order valence-electron chi connectivity index (χ3n) is 2.83. The normalized spacial score (nSPS) is 13.6. The summed E-state index contributed by atoms with van der Waals surface area (Å²) in [6, 6.07) is 0.136. The van der Waals surface area contributed by atoms with Crippen LogP contribution in [0.25, 0.3) is 0 Å². The van der Waals surface area contributed by atoms with Crippen LogP contribution in [0.2, 0.25) is 0 Å². The summed E-state index contributed by atoms with van der Waals surface area (Å²) in [6.07, 6.45) is 2.67. The first-order valence-electron chi connectivity index (χ1n) is 6.26. The monoisotopic (exact) mass is 331 g/mol. The standard InChI is InChI=1S/C11H17N5O3S2/c1-7(2)16-5-9(12-6-16)21(17,18)15-11-13-10(14-20-11)8(3)19-4/h5-8H,1-4H3,(H,13,14,15). The largest absolute Gasteiger partial charge is 0.374 e. The van der Waals surface area contributed by atoms with E-state index in [1.54, 1.807) is 11.5 Å². The zero-order valence-corrected chi connectivity index (χ0v) is 13.8. The van der Waals surface area contributed by atoms with Gasteiger partial charge in [-0.1, -0.05) is 0 Å². The van der Waals surface area contributed by atoms with Gasteiger partial charge in [0, 0.05) is 30.9 Å². The van der Waals surface area contributed by atoms with Crippen LogP contribution in [0.5, 0.6) is 0 Å². The number of methoxy groups -OCH3 is 1. The summed E-state index contributed by atoms with van der Waals surface area (Å²) >= 11 is 0.962. The van der Waals surface area contributed by atoms with Gasteiger partial charge in [0.05, 0.1) is 6.33 Å². The van der Waals surface area contributed by atoms with Crippen molar-refractivity contribution in [2.45, 2.75) is 37.9 Å². The maximum Gasteiger partial charge on any atom is 0.282 e. The molecule has 0 radical (unpaired) electrons. The Morgan fingerprint density at radius 2 is 2.10 bits per heavy atom. The molecule has 2 heterocycles. The van der Waals surface area contributed by atoms with Gasteiger partial charge in [-0.05, 0) is 20.8 Å². The van der Waals surface area contributed by atoms with E-state index in [4.69, 9.17) is 4.74 Å². The van der Waals surface area contributed by atoms with Gasteiger partial charge in [-0.25, -0.2) is 4.98 Å². The van der Waals surface area contributed by atoms with Crippen LogP contribution in [-0.2, 0) is 14.8 Å². The molecule has 0 aliphatic rings. The van der Waals surface area contributed by atoms with Crippen molar-refractivity contribution in [1.82, 2.24) is 18.9 Å². The molecular weight excluding hydrogens is 314 g/mol. The highest BCUT2D eigenvalue weighted by molar-refractivity contribution is 7.92. The second-order valence-corrected chi connectivity index (χ2v) is 7.08. The van der Waals surface area contributed by atoms with Gasteiger partial charge in [-0.15, -0.1) is 0 Å². The Morgan fingerprint density at radius 3 is 2.67 bits per heavy atom. The molecule has 8 nitrogen and oxygen atoms in total. The van der Waals surface area contributed by atoms with Crippen molar-refractivity contribution < 1.29 is 13.2 Å². The van der Waals surface area contributed by atoms with Gasteiger partial charge in [0.1, 0.15) is 6.10 Å². The molecule has 2 rings (SSSR count). The van der Waals surface area contributed by atoms with E-state index >= 15 is 0 Å². The second-order valence-electron chi connectivity index (χ2n) is 4.69. The third-order valence-corrected chi connectivity index (χ3v) is 4.83. The Hall–Kier alpha value is -1.52. The first kappa shape index (κ1) is 15.9. The number of aromatic nitrogens is 4. The molecule has 116 valence electrons. The molecule has 2 aromatic rings. The Kier molecular flexibility index (Phi) is 4.59. The Bertz CT molecular complexity index is 707. The van der Waals surface area contributed by atoms with Gasteiger partial charge in [0.15, 0.2) is 10.9 Å². The van der Waals surface area contributed by atoms with Crippen molar-refractivity contribution in [3.63, 3.8) is 0 Å². The predicted molar refractivity (Wildman–Crippen MR) is 78.8 cm³/mol. The van der Waals surface area contributed by atoms with E-state index in [-0.39, 0.29) is 22.3 Å². The molecule has 1 atom stereocenters. The zero-order valence-electron chi connectivity index (χ0n) is 12.1. The number of sulfonamides is 1. The lowest BCUT2D eigenvalue weighted by Crippen LogP contribution is -2.13. The average molecular weight is 331 g/mol. The van der Waals surface area contributed by atoms with Crippen molar-refractivity contribution >= 4 is 26.7 Å². The Morgan fingerprint density at radius 1 is 1.38 bits per heavy atom. The molecule has 0 aliphatic carbocycles. The molecule has 2 aromatic heterocycles. The summed E-state index contributed by atoms with van der Waals surface area (Å²) in [5.74, 6) is 0.438. The Labute approximate surface area is 127 Å². The van der Waals surface area contributed by atoms with E-state index in [1.165, 1.54) is 19.6 Å². The topological polar surface area (TPSA) is 99.0 Å². The first-order valence-corrected chi connectivity index (χ1v) is 8.52. The molecular formula is C11H17N5O3S2. The number of nitrogens with zero attached hydrogens (tertiary/aromatic N) is 4.